The summed E-state index contributed by atoms with van der Waals surface area (Å²) in [6.07, 6.45) is 9.44. The molecule has 2 saturated heterocycles. The van der Waals surface area contributed by atoms with Gasteiger partial charge in [-0.3, -0.25) is 28.7 Å². The second-order valence-corrected chi connectivity index (χ2v) is 19.4. The van der Waals surface area contributed by atoms with Gasteiger partial charge < -0.3 is 25.8 Å². The van der Waals surface area contributed by atoms with Gasteiger partial charge in [-0.25, -0.2) is 18.4 Å². The maximum atomic E-state index is 14.6. The van der Waals surface area contributed by atoms with E-state index < -0.39 is 73.9 Å². The quantitative estimate of drug-likeness (QED) is 0.206. The number of hydrogen-bond acceptors (Lipinski definition) is 10. The first kappa shape index (κ1) is 40.3. The van der Waals surface area contributed by atoms with Crippen LogP contribution >= 0.6 is 0 Å². The molecular weight excluding hydrogens is 749 g/mol. The van der Waals surface area contributed by atoms with E-state index >= 15 is 0 Å². The Balaban J connectivity index is 1.16. The zero-order valence-electron chi connectivity index (χ0n) is 33.0. The molecule has 3 aliphatic carbocycles. The summed E-state index contributed by atoms with van der Waals surface area (Å²) in [5.74, 6) is -2.49. The third kappa shape index (κ3) is 9.00. The molecule has 7 rings (SSSR count). The van der Waals surface area contributed by atoms with Gasteiger partial charge in [0.25, 0.3) is 11.8 Å². The van der Waals surface area contributed by atoms with Crippen molar-refractivity contribution in [3.05, 3.63) is 54.7 Å². The Morgan fingerprint density at radius 2 is 1.72 bits per heavy atom. The molecule has 5 amide bonds. The summed E-state index contributed by atoms with van der Waals surface area (Å²) in [7, 11) is -3.92. The molecule has 1 aromatic heterocycles. The largest absolute Gasteiger partial charge is 0.347 e. The summed E-state index contributed by atoms with van der Waals surface area (Å²) in [5.41, 5.74) is -0.913. The SMILES string of the molecule is C=CC1CC1(NC(=O)[C@@H]1C[C@@H](NC(=O)c2cnc(N3CCCCC3)nc2-c2ccccc2)CN1C(=O)[C@@H](NC(=O)CC1CC1)C(C)(C)C)C(=O)NS(=O)(=O)C1CC1. The van der Waals surface area contributed by atoms with Crippen molar-refractivity contribution in [2.75, 3.05) is 24.5 Å². The molecule has 5 atom stereocenters. The third-order valence-electron chi connectivity index (χ3n) is 11.8. The van der Waals surface area contributed by atoms with Crippen molar-refractivity contribution in [1.29, 1.82) is 0 Å². The van der Waals surface area contributed by atoms with Gasteiger partial charge in [-0.1, -0.05) is 57.2 Å². The maximum absolute atomic E-state index is 14.6. The third-order valence-corrected chi connectivity index (χ3v) is 13.6. The molecule has 16 heteroatoms. The lowest BCUT2D eigenvalue weighted by Gasteiger charge is -2.35. The number of carbonyl (C=O) groups is 5. The lowest BCUT2D eigenvalue weighted by molar-refractivity contribution is -0.144. The summed E-state index contributed by atoms with van der Waals surface area (Å²) in [4.78, 5) is 82.7. The first-order chi connectivity index (χ1) is 27.1. The van der Waals surface area contributed by atoms with Crippen LogP contribution in [0.1, 0.15) is 95.3 Å². The molecule has 3 saturated carbocycles. The van der Waals surface area contributed by atoms with E-state index in [-0.39, 0.29) is 36.8 Å². The lowest BCUT2D eigenvalue weighted by Crippen LogP contribution is -2.60. The molecule has 15 nitrogen and oxygen atoms in total. The number of sulfonamides is 1. The van der Waals surface area contributed by atoms with E-state index in [1.54, 1.807) is 0 Å². The highest BCUT2D eigenvalue weighted by Crippen LogP contribution is 2.45. The normalized spacial score (nSPS) is 25.2. The van der Waals surface area contributed by atoms with Crippen molar-refractivity contribution < 1.29 is 32.4 Å². The van der Waals surface area contributed by atoms with E-state index in [1.165, 1.54) is 17.2 Å². The number of benzene rings is 1. The van der Waals surface area contributed by atoms with E-state index in [0.717, 1.165) is 50.8 Å². The molecule has 2 unspecified atom stereocenters. The second-order valence-electron chi connectivity index (χ2n) is 17.5. The standard InChI is InChI=1S/C41H54N8O7S/c1-5-27-22-41(27,38(54)47-57(55,56)29-16-17-29)46-36(52)31-21-28(24-49(31)37(53)34(40(2,3)4)44-32(50)20-25-14-15-25)43-35(51)30-23-42-39(48-18-10-7-11-19-48)45-33(30)26-12-8-6-9-13-26/h5-6,8-9,12-13,23,25,27-29,31,34H,1,7,10-11,14-22,24H2,2-4H3,(H,43,51)(H,44,50)(H,46,52)(H,47,54)/t27?,28-,31+,34-,41?/m1/s1. The number of piperidine rings is 1. The van der Waals surface area contributed by atoms with Gasteiger partial charge in [0.2, 0.25) is 33.7 Å². The van der Waals surface area contributed by atoms with E-state index in [9.17, 15) is 32.4 Å². The smallest absolute Gasteiger partial charge is 0.259 e. The van der Waals surface area contributed by atoms with Crippen LogP contribution in [0.2, 0.25) is 0 Å². The molecule has 0 spiro atoms. The van der Waals surface area contributed by atoms with Gasteiger partial charge in [0.05, 0.1) is 16.5 Å². The Morgan fingerprint density at radius 3 is 2.33 bits per heavy atom. The van der Waals surface area contributed by atoms with Gasteiger partial charge in [0, 0.05) is 49.8 Å². The Bertz CT molecular complexity index is 2020. The number of amides is 5. The van der Waals surface area contributed by atoms with Crippen LogP contribution in [0, 0.1) is 17.3 Å². The van der Waals surface area contributed by atoms with E-state index in [0.29, 0.717) is 30.9 Å². The Labute approximate surface area is 334 Å². The van der Waals surface area contributed by atoms with Crippen LogP contribution in [-0.2, 0) is 29.2 Å². The molecule has 57 heavy (non-hydrogen) atoms. The Hall–Kier alpha value is -4.86. The average molecular weight is 803 g/mol. The molecular formula is C41H54N8O7S. The first-order valence-electron chi connectivity index (χ1n) is 20.2. The predicted octanol–water partition coefficient (Wildman–Crippen LogP) is 2.83. The summed E-state index contributed by atoms with van der Waals surface area (Å²) < 4.78 is 27.7. The molecule has 3 heterocycles. The van der Waals surface area contributed by atoms with Crippen LogP contribution in [0.15, 0.2) is 49.2 Å². The Kier molecular flexibility index (Phi) is 11.2. The van der Waals surface area contributed by atoms with Gasteiger partial charge in [-0.2, -0.15) is 0 Å². The molecule has 5 fully saturated rings. The average Bonchev–Trinajstić information content (AvgIpc) is 4.09. The summed E-state index contributed by atoms with van der Waals surface area (Å²) in [6.45, 7) is 10.8. The van der Waals surface area contributed by atoms with Crippen molar-refractivity contribution in [3.8, 4) is 11.3 Å². The number of hydrogen-bond donors (Lipinski definition) is 4. The molecule has 306 valence electrons. The molecule has 0 radical (unpaired) electrons. The highest BCUT2D eigenvalue weighted by molar-refractivity contribution is 7.91. The molecule has 1 aromatic carbocycles. The zero-order chi connectivity index (χ0) is 40.7. The number of aromatic nitrogens is 2. The highest BCUT2D eigenvalue weighted by Gasteiger charge is 2.62. The molecule has 2 aliphatic heterocycles. The van der Waals surface area contributed by atoms with E-state index in [4.69, 9.17) is 4.98 Å². The number of likely N-dealkylation sites (tertiary alicyclic amines) is 1. The highest BCUT2D eigenvalue weighted by atomic mass is 32.2. The van der Waals surface area contributed by atoms with Crippen LogP contribution in [0.4, 0.5) is 5.95 Å². The fourth-order valence-electron chi connectivity index (χ4n) is 7.93. The van der Waals surface area contributed by atoms with E-state index in [2.05, 4.69) is 37.1 Å². The number of nitrogens with one attached hydrogen (secondary N) is 4. The predicted molar refractivity (Wildman–Crippen MR) is 213 cm³/mol. The topological polar surface area (TPSA) is 200 Å². The first-order valence-corrected chi connectivity index (χ1v) is 21.7. The van der Waals surface area contributed by atoms with Crippen LogP contribution in [0.5, 0.6) is 0 Å². The lowest BCUT2D eigenvalue weighted by atomic mass is 9.85. The van der Waals surface area contributed by atoms with E-state index in [1.807, 2.05) is 51.1 Å². The van der Waals surface area contributed by atoms with Gasteiger partial charge in [-0.15, -0.1) is 6.58 Å². The summed E-state index contributed by atoms with van der Waals surface area (Å²) >= 11 is 0. The zero-order valence-corrected chi connectivity index (χ0v) is 33.8. The monoisotopic (exact) mass is 802 g/mol. The minimum Gasteiger partial charge on any atom is -0.347 e. The van der Waals surface area contributed by atoms with Crippen LogP contribution in [-0.4, -0.2) is 101 Å². The molecule has 0 bridgehead atoms. The summed E-state index contributed by atoms with van der Waals surface area (Å²) in [6, 6.07) is 6.45. The number of rotatable bonds is 14. The van der Waals surface area contributed by atoms with Crippen molar-refractivity contribution >= 4 is 45.5 Å². The van der Waals surface area contributed by atoms with Crippen molar-refractivity contribution in [3.63, 3.8) is 0 Å². The number of nitrogens with zero attached hydrogens (tertiary/aromatic N) is 4. The minimum atomic E-state index is -3.92. The van der Waals surface area contributed by atoms with Crippen LogP contribution in [0.25, 0.3) is 11.3 Å². The Morgan fingerprint density at radius 1 is 1.02 bits per heavy atom. The van der Waals surface area contributed by atoms with Crippen LogP contribution < -0.4 is 25.6 Å². The van der Waals surface area contributed by atoms with Crippen LogP contribution in [0.3, 0.4) is 0 Å². The molecule has 2 aromatic rings. The summed E-state index contributed by atoms with van der Waals surface area (Å²) in [5, 5.41) is 8.10. The van der Waals surface area contributed by atoms with Crippen molar-refractivity contribution in [2.45, 2.75) is 114 Å². The van der Waals surface area contributed by atoms with Gasteiger partial charge in [-0.05, 0) is 69.1 Å². The van der Waals surface area contributed by atoms with Gasteiger partial charge >= 0.3 is 0 Å². The fourth-order valence-corrected chi connectivity index (χ4v) is 9.30. The second kappa shape index (κ2) is 15.8. The molecule has 4 N–H and O–H groups in total. The van der Waals surface area contributed by atoms with Crippen molar-refractivity contribution in [1.82, 2.24) is 35.5 Å². The number of anilines is 1. The number of carbonyl (C=O) groups excluding carboxylic acids is 5. The molecule has 5 aliphatic rings. The minimum absolute atomic E-state index is 0.0135. The van der Waals surface area contributed by atoms with Gasteiger partial charge in [0.1, 0.15) is 17.6 Å². The fraction of sp³-hybridized carbons (Fsp3) is 0.585. The van der Waals surface area contributed by atoms with Crippen molar-refractivity contribution in [2.24, 2.45) is 17.3 Å². The maximum Gasteiger partial charge on any atom is 0.259 e. The van der Waals surface area contributed by atoms with Gasteiger partial charge in [0.15, 0.2) is 0 Å².